The monoisotopic (exact) mass is 329 g/mol. The van der Waals surface area contributed by atoms with Crippen molar-refractivity contribution < 1.29 is 32.9 Å². The molecule has 2 unspecified atom stereocenters. The van der Waals surface area contributed by atoms with E-state index in [1.807, 2.05) is 0 Å². The molecular weight excluding hydrogens is 314 g/mol. The first-order valence-corrected chi connectivity index (χ1v) is 8.16. The Bertz CT molecular complexity index is 702. The van der Waals surface area contributed by atoms with Crippen LogP contribution in [0.2, 0.25) is 0 Å². The normalized spacial score (nSPS) is 25.1. The van der Waals surface area contributed by atoms with Crippen molar-refractivity contribution in [2.24, 2.45) is 0 Å². The molecule has 0 spiro atoms. The SMILES string of the molecule is O=C(O)C1CC(O)CN1S(=O)(=O)c1ccc2c(c1)OCCO2. The van der Waals surface area contributed by atoms with Gasteiger partial charge < -0.3 is 19.7 Å². The van der Waals surface area contributed by atoms with Crippen molar-refractivity contribution in [1.82, 2.24) is 4.31 Å². The molecule has 3 rings (SSSR count). The fraction of sp³-hybridized carbons (Fsp3) is 0.462. The van der Waals surface area contributed by atoms with Crippen LogP contribution in [0.15, 0.2) is 23.1 Å². The van der Waals surface area contributed by atoms with Gasteiger partial charge in [-0.2, -0.15) is 4.31 Å². The number of aliphatic hydroxyl groups excluding tert-OH is 1. The van der Waals surface area contributed by atoms with Crippen molar-refractivity contribution in [2.75, 3.05) is 19.8 Å². The molecule has 2 heterocycles. The fourth-order valence-corrected chi connectivity index (χ4v) is 4.24. The zero-order valence-electron chi connectivity index (χ0n) is 11.5. The van der Waals surface area contributed by atoms with Crippen LogP contribution in [-0.2, 0) is 14.8 Å². The van der Waals surface area contributed by atoms with Gasteiger partial charge in [0.05, 0.1) is 11.0 Å². The Morgan fingerprint density at radius 2 is 1.91 bits per heavy atom. The summed E-state index contributed by atoms with van der Waals surface area (Å²) in [6.07, 6.45) is -1.12. The molecule has 2 atom stereocenters. The summed E-state index contributed by atoms with van der Waals surface area (Å²) in [6, 6.07) is 2.86. The number of carbonyl (C=O) groups is 1. The van der Waals surface area contributed by atoms with Crippen molar-refractivity contribution in [3.8, 4) is 11.5 Å². The highest BCUT2D eigenvalue weighted by atomic mass is 32.2. The molecule has 2 N–H and O–H groups in total. The number of β-amino-alcohol motifs (C(OH)–C–C–N with tert-alkyl or cyclic N) is 1. The molecule has 120 valence electrons. The number of sulfonamides is 1. The van der Waals surface area contributed by atoms with E-state index in [0.717, 1.165) is 4.31 Å². The van der Waals surface area contributed by atoms with Crippen molar-refractivity contribution in [3.05, 3.63) is 18.2 Å². The first-order chi connectivity index (χ1) is 10.4. The van der Waals surface area contributed by atoms with Gasteiger partial charge in [0.15, 0.2) is 11.5 Å². The van der Waals surface area contributed by atoms with E-state index in [-0.39, 0.29) is 17.9 Å². The van der Waals surface area contributed by atoms with Gasteiger partial charge in [-0.25, -0.2) is 8.42 Å². The summed E-state index contributed by atoms with van der Waals surface area (Å²) < 4.78 is 36.8. The van der Waals surface area contributed by atoms with Gasteiger partial charge in [-0.05, 0) is 12.1 Å². The Labute approximate surface area is 126 Å². The second kappa shape index (κ2) is 5.41. The van der Waals surface area contributed by atoms with E-state index in [1.54, 1.807) is 0 Å². The lowest BCUT2D eigenvalue weighted by molar-refractivity contribution is -0.140. The van der Waals surface area contributed by atoms with Crippen LogP contribution in [0.1, 0.15) is 6.42 Å². The topological polar surface area (TPSA) is 113 Å². The van der Waals surface area contributed by atoms with Gasteiger partial charge in [0.25, 0.3) is 0 Å². The molecule has 0 bridgehead atoms. The first kappa shape index (κ1) is 15.1. The average Bonchev–Trinajstić information content (AvgIpc) is 2.90. The molecule has 0 aromatic heterocycles. The number of hydrogen-bond acceptors (Lipinski definition) is 6. The van der Waals surface area contributed by atoms with Crippen LogP contribution < -0.4 is 9.47 Å². The lowest BCUT2D eigenvalue weighted by Crippen LogP contribution is -2.40. The van der Waals surface area contributed by atoms with Gasteiger partial charge in [0.2, 0.25) is 10.0 Å². The van der Waals surface area contributed by atoms with Crippen LogP contribution in [0.25, 0.3) is 0 Å². The minimum absolute atomic E-state index is 0.0860. The van der Waals surface area contributed by atoms with Gasteiger partial charge in [0.1, 0.15) is 19.3 Å². The summed E-state index contributed by atoms with van der Waals surface area (Å²) in [7, 11) is -4.04. The molecule has 8 nitrogen and oxygen atoms in total. The van der Waals surface area contributed by atoms with Gasteiger partial charge in [-0.1, -0.05) is 0 Å². The van der Waals surface area contributed by atoms with Crippen LogP contribution in [0.4, 0.5) is 0 Å². The maximum absolute atomic E-state index is 12.6. The van der Waals surface area contributed by atoms with E-state index in [4.69, 9.17) is 14.6 Å². The minimum atomic E-state index is -4.04. The highest BCUT2D eigenvalue weighted by Gasteiger charge is 2.43. The predicted molar refractivity (Wildman–Crippen MR) is 73.4 cm³/mol. The molecule has 0 aliphatic carbocycles. The third-order valence-corrected chi connectivity index (χ3v) is 5.51. The third kappa shape index (κ3) is 2.51. The Hall–Kier alpha value is -1.84. The molecule has 1 saturated heterocycles. The summed E-state index contributed by atoms with van der Waals surface area (Å²) in [5.41, 5.74) is 0. The van der Waals surface area contributed by atoms with E-state index in [1.165, 1.54) is 18.2 Å². The molecule has 0 saturated carbocycles. The molecule has 1 fully saturated rings. The van der Waals surface area contributed by atoms with Gasteiger partial charge in [0, 0.05) is 19.0 Å². The summed E-state index contributed by atoms with van der Waals surface area (Å²) in [5, 5.41) is 18.7. The number of rotatable bonds is 3. The van der Waals surface area contributed by atoms with Gasteiger partial charge >= 0.3 is 5.97 Å². The van der Waals surface area contributed by atoms with Crippen LogP contribution in [0, 0.1) is 0 Å². The number of aliphatic hydroxyl groups is 1. The molecule has 2 aliphatic heterocycles. The minimum Gasteiger partial charge on any atom is -0.486 e. The smallest absolute Gasteiger partial charge is 0.322 e. The number of ether oxygens (including phenoxy) is 2. The fourth-order valence-electron chi connectivity index (χ4n) is 2.59. The van der Waals surface area contributed by atoms with Gasteiger partial charge in [-0.3, -0.25) is 4.79 Å². The Kier molecular flexibility index (Phi) is 3.71. The van der Waals surface area contributed by atoms with Crippen molar-refractivity contribution in [1.29, 1.82) is 0 Å². The van der Waals surface area contributed by atoms with Crippen LogP contribution >= 0.6 is 0 Å². The highest BCUT2D eigenvalue weighted by Crippen LogP contribution is 2.34. The standard InChI is InChI=1S/C13H15NO7S/c15-8-5-10(13(16)17)14(7-8)22(18,19)9-1-2-11-12(6-9)21-4-3-20-11/h1-2,6,8,10,15H,3-5,7H2,(H,16,17). The van der Waals surface area contributed by atoms with Crippen molar-refractivity contribution >= 4 is 16.0 Å². The van der Waals surface area contributed by atoms with E-state index >= 15 is 0 Å². The van der Waals surface area contributed by atoms with Gasteiger partial charge in [-0.15, -0.1) is 0 Å². The van der Waals surface area contributed by atoms with E-state index in [9.17, 15) is 18.3 Å². The predicted octanol–water partition coefficient (Wildman–Crippen LogP) is -0.334. The number of nitrogens with zero attached hydrogens (tertiary/aromatic N) is 1. The molecule has 0 radical (unpaired) electrons. The van der Waals surface area contributed by atoms with E-state index in [2.05, 4.69) is 0 Å². The third-order valence-electron chi connectivity index (χ3n) is 3.64. The molecule has 1 aromatic carbocycles. The first-order valence-electron chi connectivity index (χ1n) is 6.72. The maximum Gasteiger partial charge on any atom is 0.322 e. The number of fused-ring (bicyclic) bond motifs is 1. The molecular formula is C13H15NO7S. The lowest BCUT2D eigenvalue weighted by Gasteiger charge is -2.23. The summed E-state index contributed by atoms with van der Waals surface area (Å²) in [5.74, 6) is -0.530. The highest BCUT2D eigenvalue weighted by molar-refractivity contribution is 7.89. The van der Waals surface area contributed by atoms with Crippen LogP contribution in [-0.4, -0.2) is 60.8 Å². The quantitative estimate of drug-likeness (QED) is 0.780. The Balaban J connectivity index is 1.97. The molecule has 9 heteroatoms. The van der Waals surface area contributed by atoms with E-state index < -0.39 is 28.1 Å². The number of carboxylic acids is 1. The number of aliphatic carboxylic acids is 1. The van der Waals surface area contributed by atoms with Crippen molar-refractivity contribution in [2.45, 2.75) is 23.5 Å². The van der Waals surface area contributed by atoms with Crippen LogP contribution in [0.3, 0.4) is 0 Å². The number of hydrogen-bond donors (Lipinski definition) is 2. The summed E-state index contributed by atoms with van der Waals surface area (Å²) >= 11 is 0. The Morgan fingerprint density at radius 1 is 1.23 bits per heavy atom. The second-order valence-corrected chi connectivity index (χ2v) is 7.01. The maximum atomic E-state index is 12.6. The van der Waals surface area contributed by atoms with Crippen LogP contribution in [0.5, 0.6) is 11.5 Å². The Morgan fingerprint density at radius 3 is 2.59 bits per heavy atom. The molecule has 0 amide bonds. The van der Waals surface area contributed by atoms with Crippen molar-refractivity contribution in [3.63, 3.8) is 0 Å². The zero-order chi connectivity index (χ0) is 15.9. The number of carboxylic acid groups (broad SMARTS) is 1. The second-order valence-electron chi connectivity index (χ2n) is 5.12. The average molecular weight is 329 g/mol. The van der Waals surface area contributed by atoms with E-state index in [0.29, 0.717) is 24.7 Å². The largest absolute Gasteiger partial charge is 0.486 e. The summed E-state index contributed by atoms with van der Waals surface area (Å²) in [6.45, 7) is 0.461. The molecule has 2 aliphatic rings. The molecule has 22 heavy (non-hydrogen) atoms. The molecule has 1 aromatic rings. The number of benzene rings is 1. The summed E-state index contributed by atoms with van der Waals surface area (Å²) in [4.78, 5) is 11.1. The zero-order valence-corrected chi connectivity index (χ0v) is 12.3. The lowest BCUT2D eigenvalue weighted by atomic mass is 10.2.